The minimum Gasteiger partial charge on any atom is -0.344 e. The van der Waals surface area contributed by atoms with Gasteiger partial charge in [-0.15, -0.1) is 0 Å². The van der Waals surface area contributed by atoms with Crippen molar-refractivity contribution in [1.29, 1.82) is 0 Å². The van der Waals surface area contributed by atoms with E-state index < -0.39 is 38.9 Å². The molecule has 0 aromatic carbocycles. The summed E-state index contributed by atoms with van der Waals surface area (Å²) in [6.07, 6.45) is 0. The van der Waals surface area contributed by atoms with Gasteiger partial charge in [-0.05, 0) is 0 Å². The van der Waals surface area contributed by atoms with Crippen LogP contribution in [0.4, 0.5) is 0 Å². The Morgan fingerprint density at radius 3 is 1.00 bits per heavy atom. The lowest BCUT2D eigenvalue weighted by atomic mass is 15.7. The van der Waals surface area contributed by atoms with E-state index in [2.05, 4.69) is 10.7 Å². The fourth-order valence-corrected chi connectivity index (χ4v) is 3.46. The van der Waals surface area contributed by atoms with Crippen molar-refractivity contribution in [3.8, 4) is 0 Å². The highest BCUT2D eigenvalue weighted by Gasteiger charge is 2.39. The van der Waals surface area contributed by atoms with E-state index in [1.54, 1.807) is 0 Å². The zero-order valence-corrected chi connectivity index (χ0v) is 9.43. The molecule has 0 fully saturated rings. The van der Waals surface area contributed by atoms with Crippen molar-refractivity contribution in [1.82, 2.24) is 0 Å². The number of rotatable bonds is 6. The highest BCUT2D eigenvalue weighted by Crippen LogP contribution is 2.21. The Balaban J connectivity index is 4.34. The third-order valence-corrected chi connectivity index (χ3v) is 4.65. The van der Waals surface area contributed by atoms with Crippen molar-refractivity contribution >= 4 is 38.9 Å². The predicted molar refractivity (Wildman–Crippen MR) is 33.9 cm³/mol. The fourth-order valence-electron chi connectivity index (χ4n) is 0.269. The van der Waals surface area contributed by atoms with Crippen LogP contribution in [-0.2, 0) is 38.1 Å². The smallest absolute Gasteiger partial charge is 0.344 e. The zero-order chi connectivity index (χ0) is 10.4. The Morgan fingerprint density at radius 1 is 0.615 bits per heavy atom. The first-order chi connectivity index (χ1) is 5.91. The van der Waals surface area contributed by atoms with Gasteiger partial charge in [-0.3, -0.25) is 0 Å². The first-order valence-electron chi connectivity index (χ1n) is 2.35. The average Bonchev–Trinajstić information content (AvgIpc) is 1.80. The van der Waals surface area contributed by atoms with Gasteiger partial charge in [0.25, 0.3) is 0 Å². The average molecular weight is 264 g/mol. The van der Waals surface area contributed by atoms with E-state index in [0.717, 1.165) is 0 Å². The summed E-state index contributed by atoms with van der Waals surface area (Å²) in [5.41, 5.74) is 0. The van der Waals surface area contributed by atoms with Crippen molar-refractivity contribution in [3.63, 3.8) is 0 Å². The van der Waals surface area contributed by atoms with Gasteiger partial charge in [-0.1, -0.05) is 0 Å². The minimum atomic E-state index is -3.70. The molecule has 13 heavy (non-hydrogen) atoms. The molecule has 0 heterocycles. The SMILES string of the molecule is O=P(=O)[O][Al]([O]P(=O)=O)[O]P(=O)=O. The maximum absolute atomic E-state index is 9.87. The second-order valence-electron chi connectivity index (χ2n) is 1.28. The molecule has 0 unspecified atom stereocenters. The molecule has 0 atom stereocenters. The van der Waals surface area contributed by atoms with E-state index in [0.29, 0.717) is 0 Å². The third kappa shape index (κ3) is 8.44. The van der Waals surface area contributed by atoms with Crippen LogP contribution in [0.5, 0.6) is 0 Å². The van der Waals surface area contributed by atoms with Gasteiger partial charge in [0.05, 0.1) is 0 Å². The topological polar surface area (TPSA) is 130 Å². The van der Waals surface area contributed by atoms with Crippen molar-refractivity contribution in [2.75, 3.05) is 0 Å². The molecule has 0 aromatic rings. The van der Waals surface area contributed by atoms with Crippen molar-refractivity contribution < 1.29 is 38.1 Å². The molecule has 72 valence electrons. The van der Waals surface area contributed by atoms with Gasteiger partial charge in [-0.25, -0.2) is 27.4 Å². The zero-order valence-electron chi connectivity index (χ0n) is 5.59. The van der Waals surface area contributed by atoms with Gasteiger partial charge in [-0.2, -0.15) is 0 Å². The van der Waals surface area contributed by atoms with E-state index >= 15 is 0 Å². The Bertz CT molecular complexity index is 276. The van der Waals surface area contributed by atoms with Crippen molar-refractivity contribution in [2.45, 2.75) is 0 Å². The highest BCUT2D eigenvalue weighted by molar-refractivity contribution is 7.31. The van der Waals surface area contributed by atoms with Gasteiger partial charge in [0.2, 0.25) is 0 Å². The van der Waals surface area contributed by atoms with Crippen LogP contribution in [0.25, 0.3) is 0 Å². The van der Waals surface area contributed by atoms with Crippen LogP contribution < -0.4 is 0 Å². The molecular weight excluding hydrogens is 264 g/mol. The number of hydrogen-bond donors (Lipinski definition) is 0. The predicted octanol–water partition coefficient (Wildman–Crippen LogP) is 1.28. The van der Waals surface area contributed by atoms with Crippen LogP contribution >= 0.6 is 23.7 Å². The van der Waals surface area contributed by atoms with Crippen molar-refractivity contribution in [2.24, 2.45) is 0 Å². The Kier molecular flexibility index (Phi) is 6.61. The van der Waals surface area contributed by atoms with Crippen LogP contribution in [0.2, 0.25) is 0 Å². The quantitative estimate of drug-likeness (QED) is 0.513. The van der Waals surface area contributed by atoms with Crippen LogP contribution in [0.3, 0.4) is 0 Å². The van der Waals surface area contributed by atoms with Crippen LogP contribution in [0.15, 0.2) is 0 Å². The molecular formula is AlO9P3. The van der Waals surface area contributed by atoms with Gasteiger partial charge >= 0.3 is 38.9 Å². The molecule has 0 saturated heterocycles. The largest absolute Gasteiger partial charge is 0.943 e. The molecule has 0 spiro atoms. The molecule has 0 aromatic heterocycles. The summed E-state index contributed by atoms with van der Waals surface area (Å²) in [6.45, 7) is 0. The molecule has 9 nitrogen and oxygen atoms in total. The summed E-state index contributed by atoms with van der Waals surface area (Å²) in [6, 6.07) is 0. The van der Waals surface area contributed by atoms with Gasteiger partial charge in [0, 0.05) is 0 Å². The Morgan fingerprint density at radius 2 is 0.846 bits per heavy atom. The Hall–Kier alpha value is 0.112. The van der Waals surface area contributed by atoms with E-state index in [9.17, 15) is 27.4 Å². The molecule has 0 amide bonds. The van der Waals surface area contributed by atoms with Gasteiger partial charge in [0.15, 0.2) is 0 Å². The monoisotopic (exact) mass is 264 g/mol. The highest BCUT2D eigenvalue weighted by atomic mass is 31.1. The van der Waals surface area contributed by atoms with E-state index in [-0.39, 0.29) is 0 Å². The molecule has 0 aliphatic rings. The summed E-state index contributed by atoms with van der Waals surface area (Å²) < 4.78 is 70.5. The first-order valence-corrected chi connectivity index (χ1v) is 7.05. The lowest BCUT2D eigenvalue weighted by molar-refractivity contribution is 0.296. The van der Waals surface area contributed by atoms with Crippen LogP contribution in [0.1, 0.15) is 0 Å². The molecule has 0 rings (SSSR count). The molecule has 0 aliphatic carbocycles. The van der Waals surface area contributed by atoms with Crippen LogP contribution in [-0.4, -0.2) is 15.1 Å². The minimum absolute atomic E-state index is 3.42. The van der Waals surface area contributed by atoms with Gasteiger partial charge in [0.1, 0.15) is 0 Å². The summed E-state index contributed by atoms with van der Waals surface area (Å²) >= 11 is -3.70. The van der Waals surface area contributed by atoms with Crippen LogP contribution in [0, 0.1) is 0 Å². The maximum Gasteiger partial charge on any atom is 0.943 e. The summed E-state index contributed by atoms with van der Waals surface area (Å²) in [4.78, 5) is 0. The number of hydrogen-bond acceptors (Lipinski definition) is 9. The lowest BCUT2D eigenvalue weighted by Crippen LogP contribution is -2.15. The summed E-state index contributed by atoms with van der Waals surface area (Å²) in [7, 11) is -10.3. The fraction of sp³-hybridized carbons (Fsp3) is 0. The van der Waals surface area contributed by atoms with E-state index in [1.807, 2.05) is 0 Å². The molecule has 0 bridgehead atoms. The lowest BCUT2D eigenvalue weighted by Gasteiger charge is -1.94. The molecule has 0 saturated carbocycles. The molecule has 0 N–H and O–H groups in total. The van der Waals surface area contributed by atoms with Crippen molar-refractivity contribution in [3.05, 3.63) is 0 Å². The summed E-state index contributed by atoms with van der Waals surface area (Å²) in [5.74, 6) is 0. The standard InChI is InChI=1S/Al.3HO3P/c;3*1-4(2)3/h;3*(H,1,2,3)/q+3;;;/p-3. The first kappa shape index (κ1) is 13.1. The second-order valence-corrected chi connectivity index (χ2v) is 5.72. The molecule has 0 aliphatic heterocycles. The normalized spacial score (nSPS) is 9.23. The third-order valence-electron chi connectivity index (χ3n) is 0.516. The molecule has 0 radical (unpaired) electrons. The van der Waals surface area contributed by atoms with E-state index in [1.165, 1.54) is 0 Å². The summed E-state index contributed by atoms with van der Waals surface area (Å²) in [5, 5.41) is 0. The van der Waals surface area contributed by atoms with Gasteiger partial charge < -0.3 is 10.7 Å². The second kappa shape index (κ2) is 6.55. The maximum atomic E-state index is 9.87. The Labute approximate surface area is 77.5 Å². The molecule has 13 heteroatoms. The van der Waals surface area contributed by atoms with E-state index in [4.69, 9.17) is 0 Å².